The van der Waals surface area contributed by atoms with E-state index in [9.17, 15) is 0 Å². The first-order valence-corrected chi connectivity index (χ1v) is 7.74. The molecule has 1 heterocycles. The number of hydrogen-bond acceptors (Lipinski definition) is 4. The van der Waals surface area contributed by atoms with E-state index in [0.29, 0.717) is 5.02 Å². The first kappa shape index (κ1) is 15.6. The molecular weight excluding hydrogens is 284 g/mol. The van der Waals surface area contributed by atoms with Crippen LogP contribution in [0.2, 0.25) is 5.02 Å². The molecule has 0 unspecified atom stereocenters. The minimum absolute atomic E-state index is 0.677. The predicted molar refractivity (Wildman–Crippen MR) is 89.5 cm³/mol. The van der Waals surface area contributed by atoms with Crippen molar-refractivity contribution in [2.24, 2.45) is 0 Å². The fraction of sp³-hybridized carbons (Fsp3) is 0.375. The molecule has 0 saturated heterocycles. The molecule has 0 fully saturated rings. The number of halogens is 1. The lowest BCUT2D eigenvalue weighted by molar-refractivity contribution is 0.834. The van der Waals surface area contributed by atoms with E-state index in [1.807, 2.05) is 30.3 Å². The molecule has 0 aliphatic heterocycles. The summed E-state index contributed by atoms with van der Waals surface area (Å²) in [6.45, 7) is 5.15. The zero-order chi connectivity index (χ0) is 15.1. The van der Waals surface area contributed by atoms with Crippen LogP contribution >= 0.6 is 11.6 Å². The molecular formula is C16H21ClN4. The third kappa shape index (κ3) is 4.60. The van der Waals surface area contributed by atoms with Gasteiger partial charge in [0.05, 0.1) is 10.7 Å². The van der Waals surface area contributed by atoms with E-state index in [2.05, 4.69) is 34.4 Å². The normalized spacial score (nSPS) is 10.4. The maximum absolute atomic E-state index is 6.18. The molecule has 0 aliphatic carbocycles. The largest absolute Gasteiger partial charge is 0.370 e. The molecule has 0 radical (unpaired) electrons. The molecule has 4 nitrogen and oxygen atoms in total. The molecule has 1 aromatic heterocycles. The van der Waals surface area contributed by atoms with Crippen molar-refractivity contribution < 1.29 is 0 Å². The summed E-state index contributed by atoms with van der Waals surface area (Å²) >= 11 is 6.18. The molecule has 2 aromatic rings. The van der Waals surface area contributed by atoms with Gasteiger partial charge in [-0.1, -0.05) is 37.6 Å². The van der Waals surface area contributed by atoms with Crippen LogP contribution in [0.5, 0.6) is 0 Å². The molecule has 0 saturated carbocycles. The lowest BCUT2D eigenvalue weighted by Crippen LogP contribution is -2.07. The van der Waals surface area contributed by atoms with Gasteiger partial charge in [0.25, 0.3) is 0 Å². The number of nitrogens with one attached hydrogen (secondary N) is 2. The lowest BCUT2D eigenvalue weighted by Gasteiger charge is -2.11. The maximum Gasteiger partial charge on any atom is 0.136 e. The van der Waals surface area contributed by atoms with Crippen molar-refractivity contribution in [1.82, 2.24) is 9.97 Å². The highest BCUT2D eigenvalue weighted by Gasteiger charge is 2.06. The molecule has 2 rings (SSSR count). The second-order valence-electron chi connectivity index (χ2n) is 4.84. The van der Waals surface area contributed by atoms with Crippen LogP contribution in [-0.4, -0.2) is 16.5 Å². The van der Waals surface area contributed by atoms with Crippen LogP contribution in [0.25, 0.3) is 0 Å². The van der Waals surface area contributed by atoms with Gasteiger partial charge in [0.1, 0.15) is 17.5 Å². The Bertz CT molecular complexity index is 586. The van der Waals surface area contributed by atoms with E-state index >= 15 is 0 Å². The molecule has 112 valence electrons. The van der Waals surface area contributed by atoms with Crippen LogP contribution in [-0.2, 0) is 6.42 Å². The van der Waals surface area contributed by atoms with Crippen molar-refractivity contribution in [3.05, 3.63) is 41.2 Å². The summed E-state index contributed by atoms with van der Waals surface area (Å²) < 4.78 is 0. The molecule has 0 amide bonds. The minimum atomic E-state index is 0.677. The number of hydrogen-bond donors (Lipinski definition) is 2. The van der Waals surface area contributed by atoms with Gasteiger partial charge in [-0.25, -0.2) is 9.97 Å². The van der Waals surface area contributed by atoms with Gasteiger partial charge in [0.2, 0.25) is 0 Å². The minimum Gasteiger partial charge on any atom is -0.370 e. The van der Waals surface area contributed by atoms with Gasteiger partial charge >= 0.3 is 0 Å². The molecule has 21 heavy (non-hydrogen) atoms. The van der Waals surface area contributed by atoms with Crippen molar-refractivity contribution in [3.63, 3.8) is 0 Å². The fourth-order valence-electron chi connectivity index (χ4n) is 1.94. The van der Waals surface area contributed by atoms with Gasteiger partial charge in [-0.2, -0.15) is 0 Å². The van der Waals surface area contributed by atoms with Crippen molar-refractivity contribution in [3.8, 4) is 0 Å². The van der Waals surface area contributed by atoms with Crippen LogP contribution in [0.4, 0.5) is 17.3 Å². The highest BCUT2D eigenvalue weighted by molar-refractivity contribution is 6.33. The topological polar surface area (TPSA) is 49.8 Å². The van der Waals surface area contributed by atoms with Crippen LogP contribution in [0, 0.1) is 0 Å². The predicted octanol–water partition coefficient (Wildman–Crippen LogP) is 4.65. The van der Waals surface area contributed by atoms with Crippen molar-refractivity contribution in [2.75, 3.05) is 17.2 Å². The summed E-state index contributed by atoms with van der Waals surface area (Å²) in [5.74, 6) is 2.46. The monoisotopic (exact) mass is 304 g/mol. The number of anilines is 3. The van der Waals surface area contributed by atoms with Gasteiger partial charge < -0.3 is 10.6 Å². The molecule has 0 atom stereocenters. The van der Waals surface area contributed by atoms with Gasteiger partial charge in [0, 0.05) is 19.0 Å². The summed E-state index contributed by atoms with van der Waals surface area (Å²) in [7, 11) is 0. The number of nitrogens with zero attached hydrogens (tertiary/aromatic N) is 2. The smallest absolute Gasteiger partial charge is 0.136 e. The zero-order valence-electron chi connectivity index (χ0n) is 12.5. The first-order chi connectivity index (χ1) is 10.2. The highest BCUT2D eigenvalue weighted by Crippen LogP contribution is 2.25. The molecule has 2 N–H and O–H groups in total. The number of rotatable bonds is 7. The average Bonchev–Trinajstić information content (AvgIpc) is 2.48. The summed E-state index contributed by atoms with van der Waals surface area (Å²) in [6.07, 6.45) is 2.93. The third-order valence-electron chi connectivity index (χ3n) is 2.94. The van der Waals surface area contributed by atoms with Crippen molar-refractivity contribution in [1.29, 1.82) is 0 Å². The summed E-state index contributed by atoms with van der Waals surface area (Å²) in [6, 6.07) is 9.55. The Labute approximate surface area is 131 Å². The van der Waals surface area contributed by atoms with E-state index in [1.165, 1.54) is 0 Å². The number of benzene rings is 1. The highest BCUT2D eigenvalue weighted by atomic mass is 35.5. The zero-order valence-corrected chi connectivity index (χ0v) is 13.2. The standard InChI is InChI=1S/C16H21ClN4/c1-3-7-14-20-15(18-10-4-2)11-16(21-14)19-13-9-6-5-8-12(13)17/h5-6,8-9,11H,3-4,7,10H2,1-2H3,(H2,18,19,20,21). The average molecular weight is 305 g/mol. The Morgan fingerprint density at radius 2 is 1.81 bits per heavy atom. The number of para-hydroxylation sites is 1. The molecule has 5 heteroatoms. The molecule has 0 spiro atoms. The number of aryl methyl sites for hydroxylation is 1. The van der Waals surface area contributed by atoms with Crippen molar-refractivity contribution >= 4 is 28.9 Å². The van der Waals surface area contributed by atoms with E-state index in [4.69, 9.17) is 11.6 Å². The van der Waals surface area contributed by atoms with Crippen LogP contribution in [0.3, 0.4) is 0 Å². The second-order valence-corrected chi connectivity index (χ2v) is 5.24. The van der Waals surface area contributed by atoms with Gasteiger partial charge in [0.15, 0.2) is 0 Å². The van der Waals surface area contributed by atoms with Gasteiger partial charge in [-0.3, -0.25) is 0 Å². The summed E-state index contributed by atoms with van der Waals surface area (Å²) in [5.41, 5.74) is 0.849. The van der Waals surface area contributed by atoms with Crippen LogP contribution in [0.15, 0.2) is 30.3 Å². The van der Waals surface area contributed by atoms with Crippen LogP contribution < -0.4 is 10.6 Å². The summed E-state index contributed by atoms with van der Waals surface area (Å²) in [5, 5.41) is 7.25. The quantitative estimate of drug-likeness (QED) is 0.782. The Hall–Kier alpha value is -1.81. The lowest BCUT2D eigenvalue weighted by atomic mass is 10.3. The van der Waals surface area contributed by atoms with Gasteiger partial charge in [-0.15, -0.1) is 0 Å². The van der Waals surface area contributed by atoms with E-state index < -0.39 is 0 Å². The SMILES string of the molecule is CCCNc1cc(Nc2ccccc2Cl)nc(CCC)n1. The Balaban J connectivity index is 2.24. The van der Waals surface area contributed by atoms with Crippen LogP contribution in [0.1, 0.15) is 32.5 Å². The van der Waals surface area contributed by atoms with E-state index in [1.54, 1.807) is 0 Å². The van der Waals surface area contributed by atoms with E-state index in [0.717, 1.165) is 49.0 Å². The Morgan fingerprint density at radius 1 is 1.05 bits per heavy atom. The molecule has 1 aromatic carbocycles. The number of aromatic nitrogens is 2. The molecule has 0 aliphatic rings. The third-order valence-corrected chi connectivity index (χ3v) is 3.27. The Kier molecular flexibility index (Phi) is 5.81. The Morgan fingerprint density at radius 3 is 2.52 bits per heavy atom. The summed E-state index contributed by atoms with van der Waals surface area (Å²) in [4.78, 5) is 9.08. The molecule has 0 bridgehead atoms. The van der Waals surface area contributed by atoms with Gasteiger partial charge in [-0.05, 0) is 25.0 Å². The maximum atomic E-state index is 6.18. The first-order valence-electron chi connectivity index (χ1n) is 7.36. The fourth-order valence-corrected chi connectivity index (χ4v) is 2.12. The van der Waals surface area contributed by atoms with Crippen molar-refractivity contribution in [2.45, 2.75) is 33.1 Å². The second kappa shape index (κ2) is 7.84. The van der Waals surface area contributed by atoms with E-state index in [-0.39, 0.29) is 0 Å².